The van der Waals surface area contributed by atoms with Crippen LogP contribution in [0, 0.1) is 0 Å². The Morgan fingerprint density at radius 2 is 2.06 bits per heavy atom. The van der Waals surface area contributed by atoms with E-state index in [1.54, 1.807) is 7.11 Å². The zero-order chi connectivity index (χ0) is 13.1. The van der Waals surface area contributed by atoms with Crippen LogP contribution in [0.15, 0.2) is 24.3 Å². The third kappa shape index (κ3) is 2.48. The number of piperazine rings is 1. The molecule has 1 atom stereocenters. The molecule has 1 heterocycles. The summed E-state index contributed by atoms with van der Waals surface area (Å²) >= 11 is 0. The number of para-hydroxylation sites is 1. The Morgan fingerprint density at radius 1 is 1.33 bits per heavy atom. The van der Waals surface area contributed by atoms with Crippen LogP contribution in [0.1, 0.15) is 17.3 Å². The molecule has 0 bridgehead atoms. The van der Waals surface area contributed by atoms with Crippen LogP contribution in [0.3, 0.4) is 0 Å². The SMILES string of the molecule is COc1ccccc1C(=O)N1CCN(C)CC1C. The summed E-state index contributed by atoms with van der Waals surface area (Å²) in [5, 5.41) is 0. The van der Waals surface area contributed by atoms with Gasteiger partial charge in [0.1, 0.15) is 5.75 Å². The van der Waals surface area contributed by atoms with Crippen LogP contribution in [0.25, 0.3) is 0 Å². The van der Waals surface area contributed by atoms with E-state index < -0.39 is 0 Å². The summed E-state index contributed by atoms with van der Waals surface area (Å²) in [4.78, 5) is 16.7. The molecule has 0 saturated carbocycles. The molecule has 0 N–H and O–H groups in total. The predicted octanol–water partition coefficient (Wildman–Crippen LogP) is 1.47. The molecule has 0 aromatic heterocycles. The van der Waals surface area contributed by atoms with Crippen molar-refractivity contribution in [3.05, 3.63) is 29.8 Å². The van der Waals surface area contributed by atoms with Crippen molar-refractivity contribution in [3.63, 3.8) is 0 Å². The van der Waals surface area contributed by atoms with Gasteiger partial charge in [0.05, 0.1) is 12.7 Å². The maximum atomic E-state index is 12.5. The van der Waals surface area contributed by atoms with Crippen molar-refractivity contribution in [1.82, 2.24) is 9.80 Å². The first-order valence-electron chi connectivity index (χ1n) is 6.26. The van der Waals surface area contributed by atoms with Gasteiger partial charge in [0, 0.05) is 25.7 Å². The number of rotatable bonds is 2. The molecule has 0 spiro atoms. The van der Waals surface area contributed by atoms with Crippen molar-refractivity contribution < 1.29 is 9.53 Å². The first-order chi connectivity index (χ1) is 8.63. The fourth-order valence-corrected chi connectivity index (χ4v) is 2.42. The lowest BCUT2D eigenvalue weighted by atomic mass is 10.1. The van der Waals surface area contributed by atoms with E-state index in [1.165, 1.54) is 0 Å². The third-order valence-electron chi connectivity index (χ3n) is 3.43. The third-order valence-corrected chi connectivity index (χ3v) is 3.43. The quantitative estimate of drug-likeness (QED) is 0.794. The minimum absolute atomic E-state index is 0.0630. The summed E-state index contributed by atoms with van der Waals surface area (Å²) in [6, 6.07) is 7.64. The van der Waals surface area contributed by atoms with Gasteiger partial charge < -0.3 is 14.5 Å². The topological polar surface area (TPSA) is 32.8 Å². The monoisotopic (exact) mass is 248 g/mol. The molecule has 98 valence electrons. The van der Waals surface area contributed by atoms with Gasteiger partial charge in [-0.2, -0.15) is 0 Å². The Hall–Kier alpha value is -1.55. The van der Waals surface area contributed by atoms with Crippen LogP contribution in [0.5, 0.6) is 5.75 Å². The van der Waals surface area contributed by atoms with E-state index in [1.807, 2.05) is 29.2 Å². The van der Waals surface area contributed by atoms with Gasteiger partial charge in [-0.15, -0.1) is 0 Å². The summed E-state index contributed by atoms with van der Waals surface area (Å²) in [7, 11) is 3.68. The largest absolute Gasteiger partial charge is 0.496 e. The molecule has 1 aliphatic rings. The van der Waals surface area contributed by atoms with Gasteiger partial charge in [-0.3, -0.25) is 4.79 Å². The number of ether oxygens (including phenoxy) is 1. The van der Waals surface area contributed by atoms with E-state index in [4.69, 9.17) is 4.74 Å². The molecule has 1 aromatic carbocycles. The second-order valence-corrected chi connectivity index (χ2v) is 4.81. The Morgan fingerprint density at radius 3 is 2.72 bits per heavy atom. The van der Waals surface area contributed by atoms with Crippen LogP contribution < -0.4 is 4.74 Å². The molecule has 2 rings (SSSR count). The Kier molecular flexibility index (Phi) is 3.87. The highest BCUT2D eigenvalue weighted by atomic mass is 16.5. The lowest BCUT2D eigenvalue weighted by Crippen LogP contribution is -2.52. The van der Waals surface area contributed by atoms with Crippen LogP contribution in [-0.2, 0) is 0 Å². The Bertz CT molecular complexity index is 434. The number of methoxy groups -OCH3 is 1. The van der Waals surface area contributed by atoms with E-state index in [0.717, 1.165) is 19.6 Å². The predicted molar refractivity (Wildman–Crippen MR) is 71.0 cm³/mol. The van der Waals surface area contributed by atoms with Crippen LogP contribution >= 0.6 is 0 Å². The first kappa shape index (κ1) is 12.9. The summed E-state index contributed by atoms with van der Waals surface area (Å²) in [5.41, 5.74) is 0.649. The number of hydrogen-bond acceptors (Lipinski definition) is 3. The van der Waals surface area contributed by atoms with Gasteiger partial charge in [-0.1, -0.05) is 12.1 Å². The van der Waals surface area contributed by atoms with Gasteiger partial charge in [0.25, 0.3) is 5.91 Å². The Balaban J connectivity index is 2.20. The summed E-state index contributed by atoms with van der Waals surface area (Å²) in [5.74, 6) is 0.710. The Labute approximate surface area is 108 Å². The van der Waals surface area contributed by atoms with Gasteiger partial charge in [-0.05, 0) is 26.1 Å². The first-order valence-corrected chi connectivity index (χ1v) is 6.26. The highest BCUT2D eigenvalue weighted by Crippen LogP contribution is 2.21. The smallest absolute Gasteiger partial charge is 0.257 e. The standard InChI is InChI=1S/C14H20N2O2/c1-11-10-15(2)8-9-16(11)14(17)12-6-4-5-7-13(12)18-3/h4-7,11H,8-10H2,1-3H3. The highest BCUT2D eigenvalue weighted by molar-refractivity contribution is 5.97. The fraction of sp³-hybridized carbons (Fsp3) is 0.500. The molecule has 1 amide bonds. The van der Waals surface area contributed by atoms with Crippen molar-refractivity contribution in [2.75, 3.05) is 33.8 Å². The number of carbonyl (C=O) groups is 1. The zero-order valence-corrected chi connectivity index (χ0v) is 11.2. The average molecular weight is 248 g/mol. The zero-order valence-electron chi connectivity index (χ0n) is 11.2. The van der Waals surface area contributed by atoms with Crippen LogP contribution in [-0.4, -0.2) is 55.5 Å². The molecule has 1 aromatic rings. The summed E-state index contributed by atoms with van der Waals surface area (Å²) in [6.45, 7) is 4.70. The van der Waals surface area contributed by atoms with Crippen LogP contribution in [0.4, 0.5) is 0 Å². The molecule has 4 nitrogen and oxygen atoms in total. The maximum absolute atomic E-state index is 12.5. The number of hydrogen-bond donors (Lipinski definition) is 0. The van der Waals surface area contributed by atoms with E-state index in [2.05, 4.69) is 18.9 Å². The summed E-state index contributed by atoms with van der Waals surface area (Å²) in [6.07, 6.45) is 0. The molecule has 1 saturated heterocycles. The van der Waals surface area contributed by atoms with E-state index in [0.29, 0.717) is 11.3 Å². The number of nitrogens with zero attached hydrogens (tertiary/aromatic N) is 2. The van der Waals surface area contributed by atoms with E-state index in [9.17, 15) is 4.79 Å². The second-order valence-electron chi connectivity index (χ2n) is 4.81. The normalized spacial score (nSPS) is 20.8. The number of benzene rings is 1. The van der Waals surface area contributed by atoms with Crippen molar-refractivity contribution in [2.45, 2.75) is 13.0 Å². The van der Waals surface area contributed by atoms with Gasteiger partial charge in [0.15, 0.2) is 0 Å². The molecular weight excluding hydrogens is 228 g/mol. The number of carbonyl (C=O) groups excluding carboxylic acids is 1. The molecule has 1 unspecified atom stereocenters. The molecule has 0 radical (unpaired) electrons. The minimum atomic E-state index is 0.0630. The van der Waals surface area contributed by atoms with Gasteiger partial charge >= 0.3 is 0 Å². The fourth-order valence-electron chi connectivity index (χ4n) is 2.42. The molecule has 18 heavy (non-hydrogen) atoms. The van der Waals surface area contributed by atoms with Gasteiger partial charge in [-0.25, -0.2) is 0 Å². The maximum Gasteiger partial charge on any atom is 0.257 e. The molecule has 0 aliphatic carbocycles. The van der Waals surface area contributed by atoms with Crippen molar-refractivity contribution >= 4 is 5.91 Å². The van der Waals surface area contributed by atoms with Crippen LogP contribution in [0.2, 0.25) is 0 Å². The molecule has 1 fully saturated rings. The second kappa shape index (κ2) is 5.40. The molecular formula is C14H20N2O2. The summed E-state index contributed by atoms with van der Waals surface area (Å²) < 4.78 is 5.26. The number of likely N-dealkylation sites (N-methyl/N-ethyl adjacent to an activating group) is 1. The van der Waals surface area contributed by atoms with E-state index in [-0.39, 0.29) is 11.9 Å². The molecule has 1 aliphatic heterocycles. The van der Waals surface area contributed by atoms with Gasteiger partial charge in [0.2, 0.25) is 0 Å². The minimum Gasteiger partial charge on any atom is -0.496 e. The van der Waals surface area contributed by atoms with E-state index >= 15 is 0 Å². The highest BCUT2D eigenvalue weighted by Gasteiger charge is 2.27. The van der Waals surface area contributed by atoms with Crippen molar-refractivity contribution in [2.24, 2.45) is 0 Å². The lowest BCUT2D eigenvalue weighted by Gasteiger charge is -2.38. The number of amides is 1. The average Bonchev–Trinajstić information content (AvgIpc) is 2.38. The lowest BCUT2D eigenvalue weighted by molar-refractivity contribution is 0.0530. The molecule has 4 heteroatoms. The van der Waals surface area contributed by atoms with Crippen molar-refractivity contribution in [3.8, 4) is 5.75 Å². The van der Waals surface area contributed by atoms with Crippen molar-refractivity contribution in [1.29, 1.82) is 0 Å².